The van der Waals surface area contributed by atoms with Crippen molar-refractivity contribution in [1.82, 2.24) is 4.98 Å². The minimum Gasteiger partial charge on any atom is -0.441 e. The van der Waals surface area contributed by atoms with Crippen molar-refractivity contribution >= 4 is 11.1 Å². The highest BCUT2D eigenvalue weighted by molar-refractivity contribution is 5.73. The van der Waals surface area contributed by atoms with E-state index in [1.807, 2.05) is 18.2 Å². The molecule has 3 heteroatoms. The molecule has 0 fully saturated rings. The van der Waals surface area contributed by atoms with Crippen molar-refractivity contribution in [1.29, 1.82) is 0 Å². The quantitative estimate of drug-likeness (QED) is 0.780. The van der Waals surface area contributed by atoms with Crippen molar-refractivity contribution in [3.8, 4) is 0 Å². The lowest BCUT2D eigenvalue weighted by molar-refractivity contribution is 0.299. The van der Waals surface area contributed by atoms with E-state index < -0.39 is 0 Å². The molecular weight excluding hydrogens is 214 g/mol. The van der Waals surface area contributed by atoms with Gasteiger partial charge in [0.25, 0.3) is 0 Å². The molecule has 1 N–H and O–H groups in total. The molecule has 0 aliphatic rings. The van der Waals surface area contributed by atoms with Gasteiger partial charge in [-0.05, 0) is 30.5 Å². The number of aromatic nitrogens is 1. The van der Waals surface area contributed by atoms with E-state index in [1.165, 1.54) is 12.8 Å². The van der Waals surface area contributed by atoms with Crippen molar-refractivity contribution in [2.45, 2.75) is 39.0 Å². The molecule has 0 spiro atoms. The monoisotopic (exact) mass is 233 g/mol. The number of hydrogen-bond donors (Lipinski definition) is 1. The fourth-order valence-electron chi connectivity index (χ4n) is 1.94. The van der Waals surface area contributed by atoms with Crippen LogP contribution in [0.4, 0.5) is 0 Å². The van der Waals surface area contributed by atoms with Crippen LogP contribution < -0.4 is 0 Å². The Bertz CT molecular complexity index is 476. The average Bonchev–Trinajstić information content (AvgIpc) is 2.72. The number of oxazole rings is 1. The molecule has 0 bridgehead atoms. The molecule has 3 nitrogen and oxygen atoms in total. The first kappa shape index (κ1) is 12.1. The normalized spacial score (nSPS) is 11.2. The molecule has 0 aliphatic carbocycles. The van der Waals surface area contributed by atoms with Gasteiger partial charge in [0.2, 0.25) is 0 Å². The van der Waals surface area contributed by atoms with E-state index in [0.29, 0.717) is 6.42 Å². The lowest BCUT2D eigenvalue weighted by Crippen LogP contribution is -1.89. The van der Waals surface area contributed by atoms with Crippen LogP contribution in [0.15, 0.2) is 22.6 Å². The first-order valence-electron chi connectivity index (χ1n) is 6.32. The summed E-state index contributed by atoms with van der Waals surface area (Å²) < 4.78 is 5.67. The number of benzene rings is 1. The number of aliphatic hydroxyl groups is 1. The predicted molar refractivity (Wildman–Crippen MR) is 68.0 cm³/mol. The van der Waals surface area contributed by atoms with E-state index in [9.17, 15) is 0 Å². The summed E-state index contributed by atoms with van der Waals surface area (Å²) in [5.74, 6) is 0.828. The molecule has 0 radical (unpaired) electrons. The highest BCUT2D eigenvalue weighted by Crippen LogP contribution is 2.18. The van der Waals surface area contributed by atoms with Crippen LogP contribution in [0.2, 0.25) is 0 Å². The standard InChI is InChI=1S/C14H19NO2/c1-2-3-4-5-14-15-12-10-11(8-9-16)6-7-13(12)17-14/h6-7,10,16H,2-5,8-9H2,1H3. The Labute approximate surface area is 101 Å². The third kappa shape index (κ3) is 3.07. The van der Waals surface area contributed by atoms with Crippen molar-refractivity contribution < 1.29 is 9.52 Å². The summed E-state index contributed by atoms with van der Waals surface area (Å²) in [6.07, 6.45) is 5.15. The smallest absolute Gasteiger partial charge is 0.195 e. The van der Waals surface area contributed by atoms with Gasteiger partial charge in [0.05, 0.1) is 0 Å². The van der Waals surface area contributed by atoms with Crippen LogP contribution in [0, 0.1) is 0 Å². The maximum absolute atomic E-state index is 8.90. The van der Waals surface area contributed by atoms with Gasteiger partial charge in [0, 0.05) is 13.0 Å². The Hall–Kier alpha value is -1.35. The lowest BCUT2D eigenvalue weighted by atomic mass is 10.1. The second-order valence-electron chi connectivity index (χ2n) is 4.34. The van der Waals surface area contributed by atoms with Crippen molar-refractivity contribution in [2.24, 2.45) is 0 Å². The maximum Gasteiger partial charge on any atom is 0.195 e. The van der Waals surface area contributed by atoms with Gasteiger partial charge in [-0.2, -0.15) is 0 Å². The fraction of sp³-hybridized carbons (Fsp3) is 0.500. The van der Waals surface area contributed by atoms with Crippen LogP contribution in [-0.4, -0.2) is 16.7 Å². The van der Waals surface area contributed by atoms with Gasteiger partial charge in [-0.3, -0.25) is 0 Å². The van der Waals surface area contributed by atoms with Gasteiger partial charge < -0.3 is 9.52 Å². The van der Waals surface area contributed by atoms with Crippen LogP contribution in [0.5, 0.6) is 0 Å². The van der Waals surface area contributed by atoms with E-state index in [0.717, 1.165) is 35.4 Å². The number of rotatable bonds is 6. The van der Waals surface area contributed by atoms with E-state index in [1.54, 1.807) is 0 Å². The summed E-state index contributed by atoms with van der Waals surface area (Å²) in [6.45, 7) is 2.36. The maximum atomic E-state index is 8.90. The SMILES string of the molecule is CCCCCc1nc2cc(CCO)ccc2o1. The molecule has 1 aromatic carbocycles. The van der Waals surface area contributed by atoms with E-state index in [4.69, 9.17) is 9.52 Å². The number of nitrogens with zero attached hydrogens (tertiary/aromatic N) is 1. The van der Waals surface area contributed by atoms with Crippen LogP contribution >= 0.6 is 0 Å². The average molecular weight is 233 g/mol. The predicted octanol–water partition coefficient (Wildman–Crippen LogP) is 3.10. The van der Waals surface area contributed by atoms with Crippen LogP contribution in [-0.2, 0) is 12.8 Å². The number of aliphatic hydroxyl groups excluding tert-OH is 1. The Balaban J connectivity index is 2.12. The topological polar surface area (TPSA) is 46.3 Å². The summed E-state index contributed by atoms with van der Waals surface area (Å²) in [5, 5.41) is 8.90. The Kier molecular flexibility index (Phi) is 4.15. The zero-order valence-electron chi connectivity index (χ0n) is 10.3. The number of hydrogen-bond acceptors (Lipinski definition) is 3. The van der Waals surface area contributed by atoms with Gasteiger partial charge >= 0.3 is 0 Å². The molecule has 0 saturated carbocycles. The summed E-state index contributed by atoms with van der Waals surface area (Å²) in [6, 6.07) is 5.93. The minimum absolute atomic E-state index is 0.173. The second kappa shape index (κ2) is 5.82. The van der Waals surface area contributed by atoms with Gasteiger partial charge in [0.1, 0.15) is 5.52 Å². The van der Waals surface area contributed by atoms with Crippen LogP contribution in [0.25, 0.3) is 11.1 Å². The van der Waals surface area contributed by atoms with Gasteiger partial charge in [-0.1, -0.05) is 25.8 Å². The van der Waals surface area contributed by atoms with Gasteiger partial charge in [0.15, 0.2) is 11.5 Å². The van der Waals surface area contributed by atoms with Gasteiger partial charge in [-0.25, -0.2) is 4.98 Å². The van der Waals surface area contributed by atoms with Crippen molar-refractivity contribution in [3.05, 3.63) is 29.7 Å². The van der Waals surface area contributed by atoms with E-state index in [-0.39, 0.29) is 6.61 Å². The molecule has 0 amide bonds. The molecule has 92 valence electrons. The lowest BCUT2D eigenvalue weighted by Gasteiger charge is -1.95. The number of aryl methyl sites for hydroxylation is 1. The van der Waals surface area contributed by atoms with E-state index in [2.05, 4.69) is 11.9 Å². The fourth-order valence-corrected chi connectivity index (χ4v) is 1.94. The summed E-state index contributed by atoms with van der Waals surface area (Å²) in [5.41, 5.74) is 2.86. The molecule has 0 aliphatic heterocycles. The highest BCUT2D eigenvalue weighted by Gasteiger charge is 2.06. The largest absolute Gasteiger partial charge is 0.441 e. The number of fused-ring (bicyclic) bond motifs is 1. The summed E-state index contributed by atoms with van der Waals surface area (Å²) in [4.78, 5) is 4.48. The van der Waals surface area contributed by atoms with Crippen LogP contribution in [0.3, 0.4) is 0 Å². The van der Waals surface area contributed by atoms with Gasteiger partial charge in [-0.15, -0.1) is 0 Å². The Morgan fingerprint density at radius 1 is 1.24 bits per heavy atom. The molecule has 1 heterocycles. The summed E-state index contributed by atoms with van der Waals surface area (Å²) >= 11 is 0. The molecule has 1 aromatic heterocycles. The van der Waals surface area contributed by atoms with E-state index >= 15 is 0 Å². The molecule has 0 atom stereocenters. The minimum atomic E-state index is 0.173. The third-order valence-electron chi connectivity index (χ3n) is 2.89. The Morgan fingerprint density at radius 3 is 2.88 bits per heavy atom. The first-order chi connectivity index (χ1) is 8.33. The zero-order chi connectivity index (χ0) is 12.1. The molecule has 2 aromatic rings. The molecular formula is C14H19NO2. The molecule has 17 heavy (non-hydrogen) atoms. The van der Waals surface area contributed by atoms with Crippen molar-refractivity contribution in [3.63, 3.8) is 0 Å². The third-order valence-corrected chi connectivity index (χ3v) is 2.89. The van der Waals surface area contributed by atoms with Crippen LogP contribution in [0.1, 0.15) is 37.6 Å². The second-order valence-corrected chi connectivity index (χ2v) is 4.34. The molecule has 0 saturated heterocycles. The number of unbranched alkanes of at least 4 members (excludes halogenated alkanes) is 2. The Morgan fingerprint density at radius 2 is 2.12 bits per heavy atom. The first-order valence-corrected chi connectivity index (χ1v) is 6.32. The molecule has 0 unspecified atom stereocenters. The molecule has 2 rings (SSSR count). The van der Waals surface area contributed by atoms with Crippen molar-refractivity contribution in [2.75, 3.05) is 6.61 Å². The highest BCUT2D eigenvalue weighted by atomic mass is 16.3. The summed E-state index contributed by atoms with van der Waals surface area (Å²) in [7, 11) is 0. The zero-order valence-corrected chi connectivity index (χ0v) is 10.3.